The lowest BCUT2D eigenvalue weighted by atomic mass is 10.0. The Hall–Kier alpha value is -2.56. The van der Waals surface area contributed by atoms with Crippen molar-refractivity contribution in [1.82, 2.24) is 0 Å². The Kier molecular flexibility index (Phi) is 6.22. The molecule has 0 fully saturated rings. The molecule has 0 saturated heterocycles. The highest BCUT2D eigenvalue weighted by atomic mass is 35.5. The van der Waals surface area contributed by atoms with E-state index < -0.39 is 34.4 Å². The van der Waals surface area contributed by atoms with E-state index in [1.54, 1.807) is 48.5 Å². The third-order valence-corrected chi connectivity index (χ3v) is 4.46. The van der Waals surface area contributed by atoms with Crippen molar-refractivity contribution in [3.8, 4) is 0 Å². The molecule has 0 nitrogen and oxygen atoms in total. The Morgan fingerprint density at radius 2 is 0.750 bits per heavy atom. The monoisotopic (exact) mass is 422 g/mol. The average Bonchev–Trinajstić information content (AvgIpc) is 2.69. The largest absolute Gasteiger partial charge is 0.203 e. The summed E-state index contributed by atoms with van der Waals surface area (Å²) in [5, 5.41) is 0.979. The zero-order chi connectivity index (χ0) is 20.3. The van der Waals surface area contributed by atoms with Crippen molar-refractivity contribution in [3.63, 3.8) is 0 Å². The molecule has 28 heavy (non-hydrogen) atoms. The van der Waals surface area contributed by atoms with Gasteiger partial charge in [0.05, 0.1) is 11.1 Å². The fourth-order valence-corrected chi connectivity index (χ4v) is 2.72. The fourth-order valence-electron chi connectivity index (χ4n) is 2.47. The van der Waals surface area contributed by atoms with Crippen molar-refractivity contribution in [2.75, 3.05) is 0 Å². The molecule has 0 saturated carbocycles. The van der Waals surface area contributed by atoms with Crippen LogP contribution < -0.4 is 0 Å². The van der Waals surface area contributed by atoms with Crippen LogP contribution in [0.25, 0.3) is 24.3 Å². The molecule has 0 heterocycles. The van der Waals surface area contributed by atoms with Crippen LogP contribution in [0.1, 0.15) is 22.3 Å². The zero-order valence-corrected chi connectivity index (χ0v) is 15.7. The molecule has 0 unspecified atom stereocenters. The van der Waals surface area contributed by atoms with Crippen molar-refractivity contribution in [1.29, 1.82) is 0 Å². The molecule has 142 valence electrons. The van der Waals surface area contributed by atoms with Crippen LogP contribution in [0.15, 0.2) is 48.5 Å². The quantitative estimate of drug-likeness (QED) is 0.227. The Bertz CT molecular complexity index is 938. The minimum atomic E-state index is -1.47. The molecular weight excluding hydrogens is 411 g/mol. The smallest absolute Gasteiger partial charge is 0.169 e. The highest BCUT2D eigenvalue weighted by Crippen LogP contribution is 2.27. The van der Waals surface area contributed by atoms with E-state index in [1.165, 1.54) is 12.2 Å². The molecule has 0 aromatic heterocycles. The Morgan fingerprint density at radius 1 is 0.464 bits per heavy atom. The molecule has 0 bridgehead atoms. The predicted octanol–water partition coefficient (Wildman–Crippen LogP) is 7.89. The maximum Gasteiger partial charge on any atom is 0.169 e. The number of halogens is 6. The van der Waals surface area contributed by atoms with E-state index in [9.17, 15) is 17.6 Å². The zero-order valence-electron chi connectivity index (χ0n) is 14.2. The molecule has 0 amide bonds. The Morgan fingerprint density at radius 3 is 1.04 bits per heavy atom. The topological polar surface area (TPSA) is 0 Å². The molecule has 3 aromatic rings. The second-order valence-electron chi connectivity index (χ2n) is 5.85. The lowest BCUT2D eigenvalue weighted by Gasteiger charge is -2.07. The van der Waals surface area contributed by atoms with Gasteiger partial charge in [-0.15, -0.1) is 0 Å². The first-order chi connectivity index (χ1) is 13.4. The van der Waals surface area contributed by atoms with Crippen LogP contribution in [0.4, 0.5) is 17.6 Å². The minimum absolute atomic E-state index is 0.489. The molecule has 6 heteroatoms. The van der Waals surface area contributed by atoms with Crippen LogP contribution in [-0.4, -0.2) is 0 Å². The third kappa shape index (κ3) is 4.46. The van der Waals surface area contributed by atoms with Crippen LogP contribution in [0.5, 0.6) is 0 Å². The van der Waals surface area contributed by atoms with Gasteiger partial charge >= 0.3 is 0 Å². The summed E-state index contributed by atoms with van der Waals surface area (Å²) in [6, 6.07) is 12.7. The average molecular weight is 423 g/mol. The van der Waals surface area contributed by atoms with Crippen molar-refractivity contribution in [3.05, 3.63) is 104 Å². The summed E-state index contributed by atoms with van der Waals surface area (Å²) < 4.78 is 57.4. The van der Waals surface area contributed by atoms with Gasteiger partial charge in [0.1, 0.15) is 0 Å². The van der Waals surface area contributed by atoms with Crippen molar-refractivity contribution in [2.24, 2.45) is 0 Å². The second-order valence-corrected chi connectivity index (χ2v) is 6.73. The van der Waals surface area contributed by atoms with Crippen molar-refractivity contribution < 1.29 is 17.6 Å². The highest BCUT2D eigenvalue weighted by molar-refractivity contribution is 6.30. The maximum absolute atomic E-state index is 14.3. The summed E-state index contributed by atoms with van der Waals surface area (Å²) in [6.45, 7) is 0. The van der Waals surface area contributed by atoms with Gasteiger partial charge in [0.25, 0.3) is 0 Å². The standard InChI is InChI=1S/C22H12Cl2F4/c23-15-7-1-13(2-8-15)5-11-17-19(25)21(27)18(22(28)20(17)26)12-6-14-3-9-16(24)10-4-14/h1-12H/b11-5+,12-6+. The minimum Gasteiger partial charge on any atom is -0.203 e. The molecule has 3 rings (SSSR count). The fraction of sp³-hybridized carbons (Fsp3) is 0. The van der Waals surface area contributed by atoms with Gasteiger partial charge in [0.15, 0.2) is 23.3 Å². The van der Waals surface area contributed by atoms with E-state index in [1.807, 2.05) is 0 Å². The van der Waals surface area contributed by atoms with Gasteiger partial charge in [-0.2, -0.15) is 0 Å². The summed E-state index contributed by atoms with van der Waals surface area (Å²) in [4.78, 5) is 0. The lowest BCUT2D eigenvalue weighted by molar-refractivity contribution is 0.448. The predicted molar refractivity (Wildman–Crippen MR) is 107 cm³/mol. The number of hydrogen-bond donors (Lipinski definition) is 0. The van der Waals surface area contributed by atoms with Gasteiger partial charge in [-0.1, -0.05) is 59.6 Å². The van der Waals surface area contributed by atoms with Crippen LogP contribution in [0, 0.1) is 23.3 Å². The lowest BCUT2D eigenvalue weighted by Crippen LogP contribution is -2.03. The number of benzene rings is 3. The SMILES string of the molecule is Fc1c(F)c(/C=C/c2ccc(Cl)cc2)c(F)c(F)c1/C=C/c1ccc(Cl)cc1. The van der Waals surface area contributed by atoms with Crippen LogP contribution in [-0.2, 0) is 0 Å². The van der Waals surface area contributed by atoms with Crippen molar-refractivity contribution >= 4 is 47.5 Å². The molecule has 3 aromatic carbocycles. The number of hydrogen-bond acceptors (Lipinski definition) is 0. The Labute approximate surface area is 169 Å². The molecule has 0 aliphatic rings. The van der Waals surface area contributed by atoms with E-state index in [2.05, 4.69) is 0 Å². The first-order valence-corrected chi connectivity index (χ1v) is 8.85. The van der Waals surface area contributed by atoms with Crippen molar-refractivity contribution in [2.45, 2.75) is 0 Å². The van der Waals surface area contributed by atoms with E-state index in [-0.39, 0.29) is 0 Å². The molecule has 0 spiro atoms. The van der Waals surface area contributed by atoms with Gasteiger partial charge in [-0.05, 0) is 47.5 Å². The number of rotatable bonds is 4. The van der Waals surface area contributed by atoms with E-state index in [4.69, 9.17) is 23.2 Å². The Balaban J connectivity index is 1.96. The van der Waals surface area contributed by atoms with Gasteiger partial charge in [-0.25, -0.2) is 17.6 Å². The first kappa shape index (κ1) is 20.2. The molecule has 0 aliphatic carbocycles. The summed E-state index contributed by atoms with van der Waals surface area (Å²) in [7, 11) is 0. The molecule has 0 radical (unpaired) electrons. The van der Waals surface area contributed by atoms with Crippen LogP contribution in [0.2, 0.25) is 10.0 Å². The van der Waals surface area contributed by atoms with Gasteiger partial charge in [0, 0.05) is 10.0 Å². The van der Waals surface area contributed by atoms with Crippen LogP contribution >= 0.6 is 23.2 Å². The molecule has 0 N–H and O–H groups in total. The maximum atomic E-state index is 14.3. The summed E-state index contributed by atoms with van der Waals surface area (Å²) >= 11 is 11.5. The second kappa shape index (κ2) is 8.63. The van der Waals surface area contributed by atoms with E-state index >= 15 is 0 Å². The highest BCUT2D eigenvalue weighted by Gasteiger charge is 2.22. The first-order valence-electron chi connectivity index (χ1n) is 8.10. The van der Waals surface area contributed by atoms with Gasteiger partial charge in [-0.3, -0.25) is 0 Å². The summed E-state index contributed by atoms with van der Waals surface area (Å²) in [5.74, 6) is -5.89. The molecular formula is C22H12Cl2F4. The molecule has 0 aliphatic heterocycles. The summed E-state index contributed by atoms with van der Waals surface area (Å²) in [5.41, 5.74) is -0.464. The van der Waals surface area contributed by atoms with Gasteiger partial charge < -0.3 is 0 Å². The molecule has 0 atom stereocenters. The normalized spacial score (nSPS) is 11.6. The summed E-state index contributed by atoms with van der Waals surface area (Å²) in [6.07, 6.45) is 4.62. The van der Waals surface area contributed by atoms with Gasteiger partial charge in [0.2, 0.25) is 0 Å². The van der Waals surface area contributed by atoms with E-state index in [0.717, 1.165) is 12.2 Å². The van der Waals surface area contributed by atoms with E-state index in [0.29, 0.717) is 21.2 Å². The van der Waals surface area contributed by atoms with Crippen LogP contribution in [0.3, 0.4) is 0 Å². The third-order valence-electron chi connectivity index (χ3n) is 3.96.